The molecule has 0 radical (unpaired) electrons. The van der Waals surface area contributed by atoms with Gasteiger partial charge in [-0.3, -0.25) is 4.79 Å². The van der Waals surface area contributed by atoms with Crippen molar-refractivity contribution in [2.75, 3.05) is 6.54 Å². The second-order valence-electron chi connectivity index (χ2n) is 4.00. The van der Waals surface area contributed by atoms with Crippen molar-refractivity contribution in [3.05, 3.63) is 0 Å². The van der Waals surface area contributed by atoms with E-state index in [2.05, 4.69) is 5.32 Å². The molecule has 0 rings (SSSR count). The van der Waals surface area contributed by atoms with Gasteiger partial charge in [0.2, 0.25) is 5.91 Å². The molecule has 96 valence electrons. The number of halogens is 3. The molecule has 0 aliphatic rings. The quantitative estimate of drug-likeness (QED) is 0.744. The lowest BCUT2D eigenvalue weighted by Gasteiger charge is -2.17. The molecule has 0 saturated heterocycles. The van der Waals surface area contributed by atoms with Crippen molar-refractivity contribution in [1.82, 2.24) is 5.32 Å². The molecule has 0 fully saturated rings. The maximum atomic E-state index is 12.0. The lowest BCUT2D eigenvalue weighted by Crippen LogP contribution is -2.37. The first-order chi connectivity index (χ1) is 7.28. The van der Waals surface area contributed by atoms with Crippen LogP contribution in [0.3, 0.4) is 0 Å². The van der Waals surface area contributed by atoms with Crippen LogP contribution in [0.25, 0.3) is 0 Å². The van der Waals surface area contributed by atoms with Gasteiger partial charge in [-0.15, -0.1) is 0 Å². The Bertz CT molecular complexity index is 215. The molecule has 6 heteroatoms. The minimum absolute atomic E-state index is 0.0399. The standard InChI is InChI=1S/C10H19F3N2O/c1-3-8(6-14)4-9(16)15-7(2)5-10(11,12)13/h7-8H,3-6,14H2,1-2H3,(H,15,16). The fraction of sp³-hybridized carbons (Fsp3) is 0.900. The normalized spacial score (nSPS) is 15.6. The number of rotatable bonds is 6. The highest BCUT2D eigenvalue weighted by Gasteiger charge is 2.30. The lowest BCUT2D eigenvalue weighted by atomic mass is 10.0. The topological polar surface area (TPSA) is 55.1 Å². The molecule has 0 aromatic heterocycles. The molecule has 1 amide bonds. The van der Waals surface area contributed by atoms with Gasteiger partial charge < -0.3 is 11.1 Å². The summed E-state index contributed by atoms with van der Waals surface area (Å²) in [6.45, 7) is 3.61. The molecule has 3 N–H and O–H groups in total. The summed E-state index contributed by atoms with van der Waals surface area (Å²) >= 11 is 0. The lowest BCUT2D eigenvalue weighted by molar-refractivity contribution is -0.141. The molecule has 0 heterocycles. The van der Waals surface area contributed by atoms with Crippen LogP contribution < -0.4 is 11.1 Å². The molecule has 0 aromatic rings. The Morgan fingerprint density at radius 1 is 1.44 bits per heavy atom. The molecule has 0 aliphatic heterocycles. The van der Waals surface area contributed by atoms with Gasteiger partial charge in [0.15, 0.2) is 0 Å². The Morgan fingerprint density at radius 2 is 2.00 bits per heavy atom. The van der Waals surface area contributed by atoms with E-state index in [0.717, 1.165) is 6.42 Å². The highest BCUT2D eigenvalue weighted by molar-refractivity contribution is 5.76. The number of hydrogen-bond donors (Lipinski definition) is 2. The third-order valence-electron chi connectivity index (χ3n) is 2.33. The van der Waals surface area contributed by atoms with E-state index in [1.807, 2.05) is 6.92 Å². The molecule has 0 aliphatic carbocycles. The van der Waals surface area contributed by atoms with Crippen LogP contribution in [-0.4, -0.2) is 24.7 Å². The Labute approximate surface area is 93.6 Å². The van der Waals surface area contributed by atoms with Crippen LogP contribution in [0.15, 0.2) is 0 Å². The average Bonchev–Trinajstić information content (AvgIpc) is 2.10. The predicted molar refractivity (Wildman–Crippen MR) is 55.7 cm³/mol. The summed E-state index contributed by atoms with van der Waals surface area (Å²) in [6, 6.07) is -0.886. The average molecular weight is 240 g/mol. The molecule has 16 heavy (non-hydrogen) atoms. The molecule has 0 aromatic carbocycles. The largest absolute Gasteiger partial charge is 0.391 e. The fourth-order valence-electron chi connectivity index (χ4n) is 1.39. The number of carbonyl (C=O) groups excluding carboxylic acids is 1. The predicted octanol–water partition coefficient (Wildman–Crippen LogP) is 1.82. The van der Waals surface area contributed by atoms with Crippen LogP contribution in [0.4, 0.5) is 13.2 Å². The highest BCUT2D eigenvalue weighted by atomic mass is 19.4. The third-order valence-corrected chi connectivity index (χ3v) is 2.33. The summed E-state index contributed by atoms with van der Waals surface area (Å²) < 4.78 is 35.9. The second kappa shape index (κ2) is 6.73. The number of hydrogen-bond acceptors (Lipinski definition) is 2. The van der Waals surface area contributed by atoms with Crippen LogP contribution in [0.5, 0.6) is 0 Å². The van der Waals surface area contributed by atoms with Crippen LogP contribution in [-0.2, 0) is 4.79 Å². The van der Waals surface area contributed by atoms with E-state index in [0.29, 0.717) is 6.54 Å². The van der Waals surface area contributed by atoms with Crippen molar-refractivity contribution >= 4 is 5.91 Å². The van der Waals surface area contributed by atoms with E-state index < -0.39 is 18.6 Å². The van der Waals surface area contributed by atoms with E-state index >= 15 is 0 Å². The molecular formula is C10H19F3N2O. The zero-order chi connectivity index (χ0) is 12.8. The van der Waals surface area contributed by atoms with Gasteiger partial charge in [-0.1, -0.05) is 13.3 Å². The van der Waals surface area contributed by atoms with Gasteiger partial charge >= 0.3 is 6.18 Å². The number of nitrogens with two attached hydrogens (primary N) is 1. The Balaban J connectivity index is 3.95. The summed E-state index contributed by atoms with van der Waals surface area (Å²) in [5.41, 5.74) is 5.40. The molecule has 0 spiro atoms. The molecule has 2 atom stereocenters. The monoisotopic (exact) mass is 240 g/mol. The Morgan fingerprint density at radius 3 is 2.38 bits per heavy atom. The first-order valence-corrected chi connectivity index (χ1v) is 5.34. The minimum atomic E-state index is -4.25. The summed E-state index contributed by atoms with van der Waals surface area (Å²) in [6.07, 6.45) is -4.31. The summed E-state index contributed by atoms with van der Waals surface area (Å²) in [4.78, 5) is 11.3. The van der Waals surface area contributed by atoms with E-state index in [1.54, 1.807) is 0 Å². The van der Waals surface area contributed by atoms with E-state index in [4.69, 9.17) is 5.73 Å². The maximum absolute atomic E-state index is 12.0. The van der Waals surface area contributed by atoms with Gasteiger partial charge in [0.05, 0.1) is 6.42 Å². The van der Waals surface area contributed by atoms with Crippen molar-refractivity contribution in [3.63, 3.8) is 0 Å². The van der Waals surface area contributed by atoms with Crippen LogP contribution >= 0.6 is 0 Å². The third kappa shape index (κ3) is 7.50. The maximum Gasteiger partial charge on any atom is 0.391 e. The van der Waals surface area contributed by atoms with Gasteiger partial charge in [-0.25, -0.2) is 0 Å². The van der Waals surface area contributed by atoms with E-state index in [1.165, 1.54) is 6.92 Å². The van der Waals surface area contributed by atoms with Crippen molar-refractivity contribution < 1.29 is 18.0 Å². The Hall–Kier alpha value is -0.780. The van der Waals surface area contributed by atoms with Crippen LogP contribution in [0, 0.1) is 5.92 Å². The summed E-state index contributed by atoms with van der Waals surface area (Å²) in [5, 5.41) is 2.32. The molecular weight excluding hydrogens is 221 g/mol. The van der Waals surface area contributed by atoms with Gasteiger partial charge in [0.25, 0.3) is 0 Å². The van der Waals surface area contributed by atoms with Crippen molar-refractivity contribution in [1.29, 1.82) is 0 Å². The summed E-state index contributed by atoms with van der Waals surface area (Å²) in [5.74, 6) is -0.327. The first kappa shape index (κ1) is 15.2. The first-order valence-electron chi connectivity index (χ1n) is 5.34. The number of alkyl halides is 3. The smallest absolute Gasteiger partial charge is 0.353 e. The molecule has 0 bridgehead atoms. The second-order valence-corrected chi connectivity index (χ2v) is 4.00. The van der Waals surface area contributed by atoms with Gasteiger partial charge in [0, 0.05) is 12.5 Å². The SMILES string of the molecule is CCC(CN)CC(=O)NC(C)CC(F)(F)F. The van der Waals surface area contributed by atoms with Gasteiger partial charge in [-0.05, 0) is 19.4 Å². The molecule has 3 nitrogen and oxygen atoms in total. The molecule has 2 unspecified atom stereocenters. The van der Waals surface area contributed by atoms with Gasteiger partial charge in [-0.2, -0.15) is 13.2 Å². The van der Waals surface area contributed by atoms with Crippen LogP contribution in [0.1, 0.15) is 33.1 Å². The Kier molecular flexibility index (Phi) is 6.40. The highest BCUT2D eigenvalue weighted by Crippen LogP contribution is 2.21. The number of amides is 1. The van der Waals surface area contributed by atoms with E-state index in [9.17, 15) is 18.0 Å². The fourth-order valence-corrected chi connectivity index (χ4v) is 1.39. The number of nitrogens with one attached hydrogen (secondary N) is 1. The van der Waals surface area contributed by atoms with Gasteiger partial charge in [0.1, 0.15) is 0 Å². The number of carbonyl (C=O) groups is 1. The molecule has 0 saturated carbocycles. The van der Waals surface area contributed by atoms with E-state index in [-0.39, 0.29) is 18.2 Å². The van der Waals surface area contributed by atoms with Crippen molar-refractivity contribution in [2.24, 2.45) is 11.7 Å². The van der Waals surface area contributed by atoms with Crippen molar-refractivity contribution in [2.45, 2.75) is 45.3 Å². The zero-order valence-electron chi connectivity index (χ0n) is 9.60. The zero-order valence-corrected chi connectivity index (χ0v) is 9.60. The van der Waals surface area contributed by atoms with Crippen molar-refractivity contribution in [3.8, 4) is 0 Å². The van der Waals surface area contributed by atoms with Crippen LogP contribution in [0.2, 0.25) is 0 Å². The summed E-state index contributed by atoms with van der Waals surface area (Å²) in [7, 11) is 0. The minimum Gasteiger partial charge on any atom is -0.353 e.